The monoisotopic (exact) mass is 336 g/mol. The van der Waals surface area contributed by atoms with E-state index < -0.39 is 0 Å². The van der Waals surface area contributed by atoms with Crippen molar-refractivity contribution in [2.24, 2.45) is 0 Å². The summed E-state index contributed by atoms with van der Waals surface area (Å²) < 4.78 is 7.44. The molecule has 3 heterocycles. The number of aryl methyl sites for hydroxylation is 1. The van der Waals surface area contributed by atoms with Crippen LogP contribution in [0, 0.1) is 6.92 Å². The van der Waals surface area contributed by atoms with E-state index in [-0.39, 0.29) is 18.1 Å². The Labute approximate surface area is 145 Å². The smallest absolute Gasteiger partial charge is 0.253 e. The Morgan fingerprint density at radius 1 is 1.28 bits per heavy atom. The van der Waals surface area contributed by atoms with E-state index in [4.69, 9.17) is 4.74 Å². The number of carbonyl (C=O) groups excluding carboxylic acids is 1. The molecule has 1 aliphatic heterocycles. The van der Waals surface area contributed by atoms with Crippen LogP contribution >= 0.6 is 0 Å². The van der Waals surface area contributed by atoms with E-state index in [0.717, 1.165) is 35.3 Å². The van der Waals surface area contributed by atoms with Crippen LogP contribution in [0.3, 0.4) is 0 Å². The summed E-state index contributed by atoms with van der Waals surface area (Å²) in [6.07, 6.45) is 3.10. The zero-order chi connectivity index (χ0) is 17.4. The van der Waals surface area contributed by atoms with Gasteiger partial charge in [0.15, 0.2) is 5.65 Å². The number of pyridine rings is 1. The molecule has 25 heavy (non-hydrogen) atoms. The number of rotatable bonds is 3. The summed E-state index contributed by atoms with van der Waals surface area (Å²) in [7, 11) is 0. The largest absolute Gasteiger partial charge is 0.365 e. The molecular weight excluding hydrogens is 316 g/mol. The van der Waals surface area contributed by atoms with Gasteiger partial charge in [-0.15, -0.1) is 0 Å². The first kappa shape index (κ1) is 15.8. The molecule has 0 spiro atoms. The number of anilines is 1. The van der Waals surface area contributed by atoms with Gasteiger partial charge in [-0.3, -0.25) is 4.79 Å². The molecular formula is C19H20N4O2. The maximum atomic E-state index is 12.3. The third-order valence-electron chi connectivity index (χ3n) is 4.50. The second-order valence-corrected chi connectivity index (χ2v) is 6.43. The Balaban J connectivity index is 1.63. The summed E-state index contributed by atoms with van der Waals surface area (Å²) in [4.78, 5) is 16.8. The standard InChI is InChI=1S/C19H20N4O2/c1-12-8-9-17(25-12)19(24)21-14-10-16-13(2)22-23(18(16)20-11-14)15-6-4-3-5-7-15/h3-7,10-12,17H,8-9H2,1-2H3,(H,21,24)/t12-,17-/m1/s1. The van der Waals surface area contributed by atoms with Crippen molar-refractivity contribution in [2.75, 3.05) is 5.32 Å². The van der Waals surface area contributed by atoms with Crippen molar-refractivity contribution in [1.29, 1.82) is 0 Å². The maximum Gasteiger partial charge on any atom is 0.253 e. The predicted octanol–water partition coefficient (Wildman–Crippen LogP) is 3.23. The Kier molecular flexibility index (Phi) is 3.97. The van der Waals surface area contributed by atoms with Crippen LogP contribution in [-0.2, 0) is 9.53 Å². The van der Waals surface area contributed by atoms with Gasteiger partial charge >= 0.3 is 0 Å². The summed E-state index contributed by atoms with van der Waals surface area (Å²) in [5.41, 5.74) is 3.26. The van der Waals surface area contributed by atoms with Gasteiger partial charge in [-0.2, -0.15) is 5.10 Å². The number of nitrogens with one attached hydrogen (secondary N) is 1. The quantitative estimate of drug-likeness (QED) is 0.797. The van der Waals surface area contributed by atoms with Crippen LogP contribution in [0.15, 0.2) is 42.6 Å². The third-order valence-corrected chi connectivity index (χ3v) is 4.50. The summed E-state index contributed by atoms with van der Waals surface area (Å²) in [6.45, 7) is 3.93. The van der Waals surface area contributed by atoms with E-state index in [1.165, 1.54) is 0 Å². The van der Waals surface area contributed by atoms with E-state index in [9.17, 15) is 4.79 Å². The molecule has 0 bridgehead atoms. The number of nitrogens with zero attached hydrogens (tertiary/aromatic N) is 3. The molecule has 1 fully saturated rings. The summed E-state index contributed by atoms with van der Waals surface area (Å²) >= 11 is 0. The number of ether oxygens (including phenoxy) is 1. The van der Waals surface area contributed by atoms with Crippen molar-refractivity contribution in [1.82, 2.24) is 14.8 Å². The lowest BCUT2D eigenvalue weighted by Crippen LogP contribution is -2.27. The number of para-hydroxylation sites is 1. The van der Waals surface area contributed by atoms with Crippen molar-refractivity contribution in [2.45, 2.75) is 38.9 Å². The molecule has 1 N–H and O–H groups in total. The highest BCUT2D eigenvalue weighted by Crippen LogP contribution is 2.24. The van der Waals surface area contributed by atoms with E-state index in [1.807, 2.05) is 54.9 Å². The lowest BCUT2D eigenvalue weighted by Gasteiger charge is -2.11. The van der Waals surface area contributed by atoms with Crippen LogP contribution < -0.4 is 5.32 Å². The lowest BCUT2D eigenvalue weighted by molar-refractivity contribution is -0.126. The Bertz CT molecular complexity index is 920. The second kappa shape index (κ2) is 6.29. The first-order valence-electron chi connectivity index (χ1n) is 8.49. The van der Waals surface area contributed by atoms with Crippen LogP contribution in [0.25, 0.3) is 16.7 Å². The molecule has 6 heteroatoms. The molecule has 0 radical (unpaired) electrons. The molecule has 0 unspecified atom stereocenters. The van der Waals surface area contributed by atoms with Gasteiger partial charge < -0.3 is 10.1 Å². The number of hydrogen-bond donors (Lipinski definition) is 1. The first-order chi connectivity index (χ1) is 12.1. The Morgan fingerprint density at radius 2 is 2.08 bits per heavy atom. The molecule has 6 nitrogen and oxygen atoms in total. The van der Waals surface area contributed by atoms with Crippen LogP contribution in [-0.4, -0.2) is 32.9 Å². The summed E-state index contributed by atoms with van der Waals surface area (Å²) in [5.74, 6) is -0.112. The average Bonchev–Trinajstić information content (AvgIpc) is 3.20. The van der Waals surface area contributed by atoms with Crippen LogP contribution in [0.5, 0.6) is 0 Å². The van der Waals surface area contributed by atoms with Gasteiger partial charge in [0.2, 0.25) is 0 Å². The molecule has 2 atom stereocenters. The fourth-order valence-corrected chi connectivity index (χ4v) is 3.18. The summed E-state index contributed by atoms with van der Waals surface area (Å²) in [6, 6.07) is 11.8. The molecule has 1 amide bonds. The maximum absolute atomic E-state index is 12.3. The number of benzene rings is 1. The summed E-state index contributed by atoms with van der Waals surface area (Å²) in [5, 5.41) is 8.41. The number of aromatic nitrogens is 3. The van der Waals surface area contributed by atoms with Gasteiger partial charge in [-0.05, 0) is 44.9 Å². The molecule has 3 aromatic rings. The first-order valence-corrected chi connectivity index (χ1v) is 8.49. The van der Waals surface area contributed by atoms with Gasteiger partial charge in [-0.1, -0.05) is 18.2 Å². The topological polar surface area (TPSA) is 69.0 Å². The van der Waals surface area contributed by atoms with E-state index in [0.29, 0.717) is 5.69 Å². The molecule has 128 valence electrons. The fraction of sp³-hybridized carbons (Fsp3) is 0.316. The van der Waals surface area contributed by atoms with E-state index in [2.05, 4.69) is 15.4 Å². The highest BCUT2D eigenvalue weighted by atomic mass is 16.5. The number of fused-ring (bicyclic) bond motifs is 1. The average molecular weight is 336 g/mol. The van der Waals surface area contributed by atoms with Crippen molar-refractivity contribution in [3.8, 4) is 5.69 Å². The highest BCUT2D eigenvalue weighted by Gasteiger charge is 2.28. The lowest BCUT2D eigenvalue weighted by atomic mass is 10.2. The Hall–Kier alpha value is -2.73. The number of carbonyl (C=O) groups is 1. The molecule has 4 rings (SSSR count). The number of hydrogen-bond acceptors (Lipinski definition) is 4. The molecule has 1 aromatic carbocycles. The molecule has 1 saturated heterocycles. The molecule has 0 saturated carbocycles. The highest BCUT2D eigenvalue weighted by molar-refractivity contribution is 5.96. The number of amides is 1. The van der Waals surface area contributed by atoms with Gasteiger partial charge in [0.05, 0.1) is 29.4 Å². The van der Waals surface area contributed by atoms with Crippen LogP contribution in [0.1, 0.15) is 25.5 Å². The zero-order valence-corrected chi connectivity index (χ0v) is 14.3. The third kappa shape index (κ3) is 3.00. The SMILES string of the molecule is Cc1nn(-c2ccccc2)c2ncc(NC(=O)[C@H]3CC[C@@H](C)O3)cc12. The van der Waals surface area contributed by atoms with Crippen LogP contribution in [0.4, 0.5) is 5.69 Å². The minimum absolute atomic E-state index is 0.112. The second-order valence-electron chi connectivity index (χ2n) is 6.43. The van der Waals surface area contributed by atoms with E-state index in [1.54, 1.807) is 6.20 Å². The van der Waals surface area contributed by atoms with Gasteiger partial charge in [0, 0.05) is 5.39 Å². The molecule has 0 aliphatic carbocycles. The van der Waals surface area contributed by atoms with Gasteiger partial charge in [0.1, 0.15) is 6.10 Å². The van der Waals surface area contributed by atoms with Crippen LogP contribution in [0.2, 0.25) is 0 Å². The minimum atomic E-state index is -0.376. The predicted molar refractivity (Wildman–Crippen MR) is 95.8 cm³/mol. The molecule has 2 aromatic heterocycles. The van der Waals surface area contributed by atoms with Gasteiger partial charge in [-0.25, -0.2) is 9.67 Å². The van der Waals surface area contributed by atoms with Gasteiger partial charge in [0.25, 0.3) is 5.91 Å². The van der Waals surface area contributed by atoms with Crippen molar-refractivity contribution < 1.29 is 9.53 Å². The minimum Gasteiger partial charge on any atom is -0.365 e. The zero-order valence-electron chi connectivity index (χ0n) is 14.3. The Morgan fingerprint density at radius 3 is 2.80 bits per heavy atom. The normalized spacial score (nSPS) is 20.1. The van der Waals surface area contributed by atoms with Crippen molar-refractivity contribution in [3.63, 3.8) is 0 Å². The van der Waals surface area contributed by atoms with Crippen molar-refractivity contribution in [3.05, 3.63) is 48.3 Å². The molecule has 1 aliphatic rings. The van der Waals surface area contributed by atoms with Crippen molar-refractivity contribution >= 4 is 22.6 Å². The fourth-order valence-electron chi connectivity index (χ4n) is 3.18. The van der Waals surface area contributed by atoms with E-state index >= 15 is 0 Å².